The third kappa shape index (κ3) is 3.01. The molecule has 1 saturated heterocycles. The average Bonchev–Trinajstić information content (AvgIpc) is 2.96. The lowest BCUT2D eigenvalue weighted by molar-refractivity contribution is 0.124. The minimum atomic E-state index is 0.549. The first-order valence-corrected chi connectivity index (χ1v) is 8.21. The SMILES string of the molecule is Brc1ncccc1[C@@H](C1CCCC1)N1CCNCC1. The van der Waals surface area contributed by atoms with Crippen LogP contribution in [-0.2, 0) is 0 Å². The van der Waals surface area contributed by atoms with Crippen LogP contribution in [0.3, 0.4) is 0 Å². The Balaban J connectivity index is 1.88. The third-order valence-corrected chi connectivity index (χ3v) is 5.16. The molecular weight excluding hydrogens is 302 g/mol. The van der Waals surface area contributed by atoms with Crippen molar-refractivity contribution in [3.63, 3.8) is 0 Å². The molecule has 2 heterocycles. The first kappa shape index (κ1) is 13.5. The van der Waals surface area contributed by atoms with E-state index in [0.717, 1.165) is 36.7 Å². The molecule has 2 fully saturated rings. The van der Waals surface area contributed by atoms with Crippen molar-refractivity contribution < 1.29 is 0 Å². The van der Waals surface area contributed by atoms with Crippen LogP contribution in [0.4, 0.5) is 0 Å². The summed E-state index contributed by atoms with van der Waals surface area (Å²) >= 11 is 3.66. The van der Waals surface area contributed by atoms with Gasteiger partial charge in [0.05, 0.1) is 0 Å². The topological polar surface area (TPSA) is 28.2 Å². The summed E-state index contributed by atoms with van der Waals surface area (Å²) < 4.78 is 1.03. The van der Waals surface area contributed by atoms with Gasteiger partial charge in [-0.1, -0.05) is 18.9 Å². The highest BCUT2D eigenvalue weighted by atomic mass is 79.9. The molecule has 0 radical (unpaired) electrons. The molecule has 0 unspecified atom stereocenters. The lowest BCUT2D eigenvalue weighted by Crippen LogP contribution is -2.46. The van der Waals surface area contributed by atoms with Crippen LogP contribution in [0.5, 0.6) is 0 Å². The standard InChI is InChI=1S/C15H22BrN3/c16-15-13(6-3-7-18-15)14(12-4-1-2-5-12)19-10-8-17-9-11-19/h3,6-7,12,14,17H,1-2,4-5,8-11H2/t14-/m1/s1. The Morgan fingerprint density at radius 1 is 1.26 bits per heavy atom. The van der Waals surface area contributed by atoms with Crippen LogP contribution >= 0.6 is 15.9 Å². The smallest absolute Gasteiger partial charge is 0.110 e. The van der Waals surface area contributed by atoms with Gasteiger partial charge in [0.2, 0.25) is 0 Å². The normalized spacial score (nSPS) is 23.6. The van der Waals surface area contributed by atoms with Crippen LogP contribution in [0.25, 0.3) is 0 Å². The number of rotatable bonds is 3. The Labute approximate surface area is 123 Å². The third-order valence-electron chi connectivity index (χ3n) is 4.50. The van der Waals surface area contributed by atoms with Crippen molar-refractivity contribution in [3.05, 3.63) is 28.5 Å². The molecule has 1 aliphatic heterocycles. The van der Waals surface area contributed by atoms with Crippen LogP contribution < -0.4 is 5.32 Å². The predicted molar refractivity (Wildman–Crippen MR) is 81.1 cm³/mol. The number of aromatic nitrogens is 1. The summed E-state index contributed by atoms with van der Waals surface area (Å²) in [4.78, 5) is 7.10. The molecule has 0 amide bonds. The summed E-state index contributed by atoms with van der Waals surface area (Å²) in [5.74, 6) is 0.804. The predicted octanol–water partition coefficient (Wildman–Crippen LogP) is 2.98. The lowest BCUT2D eigenvalue weighted by atomic mass is 9.90. The van der Waals surface area contributed by atoms with E-state index in [-0.39, 0.29) is 0 Å². The molecule has 1 aliphatic carbocycles. The molecule has 3 rings (SSSR count). The van der Waals surface area contributed by atoms with E-state index in [4.69, 9.17) is 0 Å². The summed E-state index contributed by atoms with van der Waals surface area (Å²) in [6.07, 6.45) is 7.40. The number of piperazine rings is 1. The zero-order valence-corrected chi connectivity index (χ0v) is 12.9. The molecule has 0 aromatic carbocycles. The maximum absolute atomic E-state index is 4.44. The fourth-order valence-corrected chi connectivity index (χ4v) is 4.09. The summed E-state index contributed by atoms with van der Waals surface area (Å²) in [5, 5.41) is 3.46. The van der Waals surface area contributed by atoms with Gasteiger partial charge < -0.3 is 5.32 Å². The van der Waals surface area contributed by atoms with Crippen LogP contribution in [0.1, 0.15) is 37.3 Å². The van der Waals surface area contributed by atoms with E-state index in [9.17, 15) is 0 Å². The van der Waals surface area contributed by atoms with E-state index >= 15 is 0 Å². The van der Waals surface area contributed by atoms with Gasteiger partial charge in [-0.3, -0.25) is 4.90 Å². The first-order valence-electron chi connectivity index (χ1n) is 7.41. The zero-order valence-electron chi connectivity index (χ0n) is 11.3. The molecule has 1 aromatic rings. The van der Waals surface area contributed by atoms with Crippen molar-refractivity contribution >= 4 is 15.9 Å². The number of nitrogens with zero attached hydrogens (tertiary/aromatic N) is 2. The second-order valence-corrected chi connectivity index (χ2v) is 6.41. The molecule has 1 atom stereocenters. The largest absolute Gasteiger partial charge is 0.314 e. The number of nitrogens with one attached hydrogen (secondary N) is 1. The second kappa shape index (κ2) is 6.33. The number of pyridine rings is 1. The average molecular weight is 324 g/mol. The molecule has 0 bridgehead atoms. The van der Waals surface area contributed by atoms with Gasteiger partial charge in [-0.05, 0) is 40.8 Å². The maximum atomic E-state index is 4.44. The van der Waals surface area contributed by atoms with Gasteiger partial charge in [-0.2, -0.15) is 0 Å². The Hall–Kier alpha value is -0.450. The fraction of sp³-hybridized carbons (Fsp3) is 0.667. The lowest BCUT2D eigenvalue weighted by Gasteiger charge is -2.38. The molecule has 0 spiro atoms. The minimum Gasteiger partial charge on any atom is -0.314 e. The van der Waals surface area contributed by atoms with Crippen LogP contribution in [0.15, 0.2) is 22.9 Å². The van der Waals surface area contributed by atoms with Crippen LogP contribution in [-0.4, -0.2) is 36.1 Å². The zero-order chi connectivity index (χ0) is 13.1. The molecule has 4 heteroatoms. The van der Waals surface area contributed by atoms with Crippen molar-refractivity contribution in [1.29, 1.82) is 0 Å². The molecule has 2 aliphatic rings. The van der Waals surface area contributed by atoms with E-state index in [1.807, 2.05) is 6.20 Å². The van der Waals surface area contributed by atoms with E-state index in [1.165, 1.54) is 31.2 Å². The molecule has 19 heavy (non-hydrogen) atoms. The summed E-state index contributed by atoms with van der Waals surface area (Å²) in [6.45, 7) is 4.53. The van der Waals surface area contributed by atoms with Gasteiger partial charge in [0, 0.05) is 44.0 Å². The van der Waals surface area contributed by atoms with Gasteiger partial charge in [-0.15, -0.1) is 0 Å². The molecule has 3 nitrogen and oxygen atoms in total. The highest BCUT2D eigenvalue weighted by molar-refractivity contribution is 9.10. The van der Waals surface area contributed by atoms with Crippen molar-refractivity contribution in [1.82, 2.24) is 15.2 Å². The van der Waals surface area contributed by atoms with Crippen molar-refractivity contribution in [2.45, 2.75) is 31.7 Å². The highest BCUT2D eigenvalue weighted by Crippen LogP contribution is 2.41. The number of hydrogen-bond acceptors (Lipinski definition) is 3. The minimum absolute atomic E-state index is 0.549. The van der Waals surface area contributed by atoms with E-state index in [0.29, 0.717) is 6.04 Å². The maximum Gasteiger partial charge on any atom is 0.110 e. The van der Waals surface area contributed by atoms with E-state index in [2.05, 4.69) is 43.3 Å². The highest BCUT2D eigenvalue weighted by Gasteiger charge is 2.33. The van der Waals surface area contributed by atoms with Gasteiger partial charge in [-0.25, -0.2) is 4.98 Å². The Bertz CT molecular complexity index is 412. The quantitative estimate of drug-likeness (QED) is 0.867. The molecular formula is C15H22BrN3. The monoisotopic (exact) mass is 323 g/mol. The Morgan fingerprint density at radius 3 is 2.68 bits per heavy atom. The first-order chi connectivity index (χ1) is 9.36. The van der Waals surface area contributed by atoms with Crippen molar-refractivity contribution in [3.8, 4) is 0 Å². The molecule has 1 aromatic heterocycles. The molecule has 104 valence electrons. The van der Waals surface area contributed by atoms with Crippen molar-refractivity contribution in [2.24, 2.45) is 5.92 Å². The van der Waals surface area contributed by atoms with Crippen LogP contribution in [0.2, 0.25) is 0 Å². The second-order valence-electron chi connectivity index (χ2n) is 5.66. The Kier molecular flexibility index (Phi) is 4.51. The number of halogens is 1. The summed E-state index contributed by atoms with van der Waals surface area (Å²) in [5.41, 5.74) is 1.39. The molecule has 1 N–H and O–H groups in total. The van der Waals surface area contributed by atoms with Crippen LogP contribution in [0, 0.1) is 5.92 Å². The van der Waals surface area contributed by atoms with Gasteiger partial charge in [0.25, 0.3) is 0 Å². The molecule has 1 saturated carbocycles. The van der Waals surface area contributed by atoms with Gasteiger partial charge in [0.1, 0.15) is 4.60 Å². The van der Waals surface area contributed by atoms with Gasteiger partial charge in [0.15, 0.2) is 0 Å². The van der Waals surface area contributed by atoms with E-state index < -0.39 is 0 Å². The van der Waals surface area contributed by atoms with E-state index in [1.54, 1.807) is 0 Å². The van der Waals surface area contributed by atoms with Crippen molar-refractivity contribution in [2.75, 3.05) is 26.2 Å². The Morgan fingerprint density at radius 2 is 2.00 bits per heavy atom. The summed E-state index contributed by atoms with van der Waals surface area (Å²) in [7, 11) is 0. The summed E-state index contributed by atoms with van der Waals surface area (Å²) in [6, 6.07) is 4.87. The van der Waals surface area contributed by atoms with Gasteiger partial charge >= 0.3 is 0 Å². The fourth-order valence-electron chi connectivity index (χ4n) is 3.60. The number of hydrogen-bond donors (Lipinski definition) is 1.